The first-order valence-electron chi connectivity index (χ1n) is 8.98. The van der Waals surface area contributed by atoms with Crippen molar-refractivity contribution in [2.45, 2.75) is 6.61 Å². The third kappa shape index (κ3) is 5.16. The van der Waals surface area contributed by atoms with Gasteiger partial charge in [-0.1, -0.05) is 64.5 Å². The van der Waals surface area contributed by atoms with Gasteiger partial charge in [0.1, 0.15) is 12.4 Å². The van der Waals surface area contributed by atoms with Crippen LogP contribution in [-0.2, 0) is 11.4 Å². The van der Waals surface area contributed by atoms with Gasteiger partial charge in [0.15, 0.2) is 5.17 Å². The van der Waals surface area contributed by atoms with Crippen LogP contribution >= 0.6 is 27.7 Å². The summed E-state index contributed by atoms with van der Waals surface area (Å²) in [6.45, 7) is 0.469. The number of amides is 1. The second-order valence-electron chi connectivity index (χ2n) is 6.27. The number of aliphatic imine (C=N–C) groups is 1. The van der Waals surface area contributed by atoms with Crippen LogP contribution in [0.25, 0.3) is 6.08 Å². The number of halogens is 1. The van der Waals surface area contributed by atoms with E-state index in [1.165, 1.54) is 11.8 Å². The maximum Gasteiger partial charge on any atom is 0.264 e. The Kier molecular flexibility index (Phi) is 6.12. The third-order valence-electron chi connectivity index (χ3n) is 4.15. The number of amidine groups is 1. The van der Waals surface area contributed by atoms with Crippen LogP contribution in [0.4, 0.5) is 5.69 Å². The smallest absolute Gasteiger partial charge is 0.264 e. The summed E-state index contributed by atoms with van der Waals surface area (Å²) in [6, 6.07) is 25.3. The number of carbonyl (C=O) groups is 1. The predicted molar refractivity (Wildman–Crippen MR) is 122 cm³/mol. The van der Waals surface area contributed by atoms with Crippen LogP contribution in [0.2, 0.25) is 0 Å². The summed E-state index contributed by atoms with van der Waals surface area (Å²) >= 11 is 4.72. The second kappa shape index (κ2) is 9.11. The van der Waals surface area contributed by atoms with Crippen LogP contribution in [0.5, 0.6) is 5.75 Å². The molecule has 0 atom stereocenters. The minimum absolute atomic E-state index is 0.163. The summed E-state index contributed by atoms with van der Waals surface area (Å²) in [6.07, 6.45) is 1.84. The Morgan fingerprint density at radius 1 is 0.966 bits per heavy atom. The molecule has 1 heterocycles. The Labute approximate surface area is 181 Å². The Morgan fingerprint density at radius 2 is 1.69 bits per heavy atom. The van der Waals surface area contributed by atoms with Crippen molar-refractivity contribution in [1.82, 2.24) is 5.32 Å². The average molecular weight is 465 g/mol. The zero-order chi connectivity index (χ0) is 20.1. The second-order valence-corrected chi connectivity index (χ2v) is 8.22. The highest BCUT2D eigenvalue weighted by molar-refractivity contribution is 9.10. The average Bonchev–Trinajstić information content (AvgIpc) is 3.08. The maximum absolute atomic E-state index is 12.4. The molecule has 1 saturated heterocycles. The molecule has 0 spiro atoms. The Bertz CT molecular complexity index is 1080. The number of rotatable bonds is 5. The van der Waals surface area contributed by atoms with E-state index in [0.29, 0.717) is 16.7 Å². The zero-order valence-electron chi connectivity index (χ0n) is 15.3. The molecule has 1 aliphatic heterocycles. The van der Waals surface area contributed by atoms with E-state index < -0.39 is 0 Å². The van der Waals surface area contributed by atoms with Crippen LogP contribution in [-0.4, -0.2) is 11.1 Å². The summed E-state index contributed by atoms with van der Waals surface area (Å²) in [5, 5.41) is 3.38. The molecule has 144 valence electrons. The normalized spacial score (nSPS) is 16.2. The van der Waals surface area contributed by atoms with Crippen LogP contribution in [0, 0.1) is 0 Å². The van der Waals surface area contributed by atoms with E-state index in [2.05, 4.69) is 26.2 Å². The van der Waals surface area contributed by atoms with E-state index in [0.717, 1.165) is 27.0 Å². The lowest BCUT2D eigenvalue weighted by Gasteiger charge is -2.09. The van der Waals surface area contributed by atoms with Crippen LogP contribution < -0.4 is 10.1 Å². The summed E-state index contributed by atoms with van der Waals surface area (Å²) in [7, 11) is 0. The lowest BCUT2D eigenvalue weighted by Crippen LogP contribution is -2.19. The van der Waals surface area contributed by atoms with Gasteiger partial charge in [-0.3, -0.25) is 4.79 Å². The Balaban J connectivity index is 1.52. The van der Waals surface area contributed by atoms with Crippen molar-refractivity contribution < 1.29 is 9.53 Å². The molecular formula is C23H17BrN2O2S. The van der Waals surface area contributed by atoms with Crippen molar-refractivity contribution >= 4 is 50.5 Å². The highest BCUT2D eigenvalue weighted by atomic mass is 79.9. The van der Waals surface area contributed by atoms with E-state index in [1.807, 2.05) is 84.9 Å². The Hall–Kier alpha value is -2.83. The molecule has 0 unspecified atom stereocenters. The molecule has 0 bridgehead atoms. The molecule has 0 saturated carbocycles. The number of carbonyl (C=O) groups excluding carboxylic acids is 1. The van der Waals surface area contributed by atoms with Crippen molar-refractivity contribution in [3.05, 3.63) is 99.4 Å². The SMILES string of the molecule is O=C1NC(=Nc2ccc(Br)cc2)S/C1=C/c1ccccc1OCc1ccccc1. The van der Waals surface area contributed by atoms with E-state index in [4.69, 9.17) is 4.74 Å². The molecular weight excluding hydrogens is 448 g/mol. The first-order chi connectivity index (χ1) is 14.2. The van der Waals surface area contributed by atoms with Gasteiger partial charge in [-0.2, -0.15) is 0 Å². The number of ether oxygens (including phenoxy) is 1. The van der Waals surface area contributed by atoms with Gasteiger partial charge < -0.3 is 10.1 Å². The van der Waals surface area contributed by atoms with Crippen molar-refractivity contribution in [2.75, 3.05) is 0 Å². The molecule has 29 heavy (non-hydrogen) atoms. The predicted octanol–water partition coefficient (Wildman–Crippen LogP) is 5.92. The number of para-hydroxylation sites is 1. The molecule has 1 amide bonds. The summed E-state index contributed by atoms with van der Waals surface area (Å²) < 4.78 is 6.97. The molecule has 0 radical (unpaired) electrons. The van der Waals surface area contributed by atoms with Gasteiger partial charge in [-0.15, -0.1) is 0 Å². The van der Waals surface area contributed by atoms with E-state index in [9.17, 15) is 4.79 Å². The fraction of sp³-hybridized carbons (Fsp3) is 0.0435. The van der Waals surface area contributed by atoms with Crippen LogP contribution in [0.15, 0.2) is 93.2 Å². The Morgan fingerprint density at radius 3 is 2.48 bits per heavy atom. The monoisotopic (exact) mass is 464 g/mol. The van der Waals surface area contributed by atoms with Crippen molar-refractivity contribution in [1.29, 1.82) is 0 Å². The molecule has 0 aromatic heterocycles. The van der Waals surface area contributed by atoms with Crippen molar-refractivity contribution in [3.63, 3.8) is 0 Å². The van der Waals surface area contributed by atoms with Gasteiger partial charge in [0, 0.05) is 10.0 Å². The fourth-order valence-electron chi connectivity index (χ4n) is 2.72. The number of nitrogens with zero attached hydrogens (tertiary/aromatic N) is 1. The van der Waals surface area contributed by atoms with Crippen molar-refractivity contribution in [2.24, 2.45) is 4.99 Å². The molecule has 6 heteroatoms. The van der Waals surface area contributed by atoms with Gasteiger partial charge in [0.05, 0.1) is 10.6 Å². The lowest BCUT2D eigenvalue weighted by atomic mass is 10.2. The van der Waals surface area contributed by atoms with Gasteiger partial charge >= 0.3 is 0 Å². The van der Waals surface area contributed by atoms with E-state index >= 15 is 0 Å². The summed E-state index contributed by atoms with van der Waals surface area (Å²) in [5.41, 5.74) is 2.72. The third-order valence-corrected chi connectivity index (χ3v) is 5.59. The highest BCUT2D eigenvalue weighted by Crippen LogP contribution is 2.31. The molecule has 4 rings (SSSR count). The van der Waals surface area contributed by atoms with Crippen LogP contribution in [0.3, 0.4) is 0 Å². The molecule has 1 N–H and O–H groups in total. The minimum Gasteiger partial charge on any atom is -0.488 e. The number of thioether (sulfide) groups is 1. The molecule has 3 aromatic carbocycles. The van der Waals surface area contributed by atoms with Gasteiger partial charge in [0.2, 0.25) is 0 Å². The van der Waals surface area contributed by atoms with E-state index in [-0.39, 0.29) is 5.91 Å². The lowest BCUT2D eigenvalue weighted by molar-refractivity contribution is -0.115. The fourth-order valence-corrected chi connectivity index (χ4v) is 3.82. The zero-order valence-corrected chi connectivity index (χ0v) is 17.7. The maximum atomic E-state index is 12.4. The van der Waals surface area contributed by atoms with Crippen LogP contribution in [0.1, 0.15) is 11.1 Å². The molecule has 0 aliphatic carbocycles. The summed E-state index contributed by atoms with van der Waals surface area (Å²) in [5.74, 6) is 0.569. The topological polar surface area (TPSA) is 50.7 Å². The molecule has 1 fully saturated rings. The molecule has 4 nitrogen and oxygen atoms in total. The number of benzene rings is 3. The summed E-state index contributed by atoms with van der Waals surface area (Å²) in [4.78, 5) is 17.5. The minimum atomic E-state index is -0.163. The van der Waals surface area contributed by atoms with Gasteiger partial charge in [0.25, 0.3) is 5.91 Å². The number of nitrogens with one attached hydrogen (secondary N) is 1. The first-order valence-corrected chi connectivity index (χ1v) is 10.6. The first kappa shape index (κ1) is 19.5. The van der Waals surface area contributed by atoms with Crippen molar-refractivity contribution in [3.8, 4) is 5.75 Å². The largest absolute Gasteiger partial charge is 0.488 e. The quantitative estimate of drug-likeness (QED) is 0.476. The van der Waals surface area contributed by atoms with Gasteiger partial charge in [-0.25, -0.2) is 4.99 Å². The van der Waals surface area contributed by atoms with E-state index in [1.54, 1.807) is 0 Å². The standard InChI is InChI=1S/C23H17BrN2O2S/c24-18-10-12-19(13-11-18)25-23-26-22(27)21(29-23)14-17-8-4-5-9-20(17)28-15-16-6-2-1-3-7-16/h1-14H,15H2,(H,25,26,27)/b21-14+. The number of hydrogen-bond acceptors (Lipinski definition) is 4. The highest BCUT2D eigenvalue weighted by Gasteiger charge is 2.24. The van der Waals surface area contributed by atoms with Gasteiger partial charge in [-0.05, 0) is 53.7 Å². The molecule has 3 aromatic rings. The number of hydrogen-bond donors (Lipinski definition) is 1. The molecule has 1 aliphatic rings.